The Morgan fingerprint density at radius 1 is 1.00 bits per heavy atom. The second kappa shape index (κ2) is 4.07. The SMILES string of the molecule is CNc1ccc(-c2ccc(C)c(C)c2)s1. The van der Waals surface area contributed by atoms with E-state index in [1.54, 1.807) is 11.3 Å². The highest BCUT2D eigenvalue weighted by Crippen LogP contribution is 2.31. The van der Waals surface area contributed by atoms with E-state index in [1.165, 1.54) is 26.6 Å². The van der Waals surface area contributed by atoms with Crippen molar-refractivity contribution < 1.29 is 0 Å². The summed E-state index contributed by atoms with van der Waals surface area (Å²) in [6, 6.07) is 10.9. The minimum absolute atomic E-state index is 1.21. The van der Waals surface area contributed by atoms with Crippen molar-refractivity contribution in [3.05, 3.63) is 41.5 Å². The van der Waals surface area contributed by atoms with Gasteiger partial charge in [0.2, 0.25) is 0 Å². The normalized spacial score (nSPS) is 10.3. The number of benzene rings is 1. The van der Waals surface area contributed by atoms with E-state index in [0.29, 0.717) is 0 Å². The Labute approximate surface area is 94.8 Å². The largest absolute Gasteiger partial charge is 0.380 e. The Bertz CT molecular complexity index is 471. The van der Waals surface area contributed by atoms with Crippen molar-refractivity contribution in [2.24, 2.45) is 0 Å². The molecule has 2 heteroatoms. The molecule has 0 spiro atoms. The molecule has 2 rings (SSSR count). The number of thiophene rings is 1. The molecular formula is C13H15NS. The van der Waals surface area contributed by atoms with Crippen molar-refractivity contribution in [2.45, 2.75) is 13.8 Å². The van der Waals surface area contributed by atoms with Crippen LogP contribution in [0.15, 0.2) is 30.3 Å². The molecule has 1 aromatic heterocycles. The molecule has 0 saturated heterocycles. The summed E-state index contributed by atoms with van der Waals surface area (Å²) >= 11 is 1.79. The van der Waals surface area contributed by atoms with Gasteiger partial charge < -0.3 is 5.32 Å². The van der Waals surface area contributed by atoms with Gasteiger partial charge in [0.1, 0.15) is 0 Å². The maximum absolute atomic E-state index is 3.16. The van der Waals surface area contributed by atoms with Gasteiger partial charge in [-0.15, -0.1) is 11.3 Å². The lowest BCUT2D eigenvalue weighted by atomic mass is 10.1. The van der Waals surface area contributed by atoms with Gasteiger partial charge in [0.05, 0.1) is 5.00 Å². The molecule has 0 aliphatic rings. The maximum atomic E-state index is 3.16. The van der Waals surface area contributed by atoms with E-state index in [4.69, 9.17) is 0 Å². The Hall–Kier alpha value is -1.28. The summed E-state index contributed by atoms with van der Waals surface area (Å²) in [6.07, 6.45) is 0. The first-order valence-corrected chi connectivity index (χ1v) is 5.87. The van der Waals surface area contributed by atoms with Gasteiger partial charge in [-0.2, -0.15) is 0 Å². The number of rotatable bonds is 2. The van der Waals surface area contributed by atoms with Crippen LogP contribution in [0.1, 0.15) is 11.1 Å². The molecule has 0 unspecified atom stereocenters. The average molecular weight is 217 g/mol. The van der Waals surface area contributed by atoms with Crippen LogP contribution < -0.4 is 5.32 Å². The van der Waals surface area contributed by atoms with Gasteiger partial charge in [-0.3, -0.25) is 0 Å². The molecule has 0 bridgehead atoms. The monoisotopic (exact) mass is 217 g/mol. The van der Waals surface area contributed by atoms with Crippen LogP contribution >= 0.6 is 11.3 Å². The molecular weight excluding hydrogens is 202 g/mol. The number of hydrogen-bond donors (Lipinski definition) is 1. The van der Waals surface area contributed by atoms with E-state index in [9.17, 15) is 0 Å². The average Bonchev–Trinajstić information content (AvgIpc) is 2.70. The molecule has 2 aromatic rings. The molecule has 0 radical (unpaired) electrons. The minimum atomic E-state index is 1.21. The van der Waals surface area contributed by atoms with Gasteiger partial charge in [-0.1, -0.05) is 18.2 Å². The van der Waals surface area contributed by atoms with E-state index < -0.39 is 0 Å². The fraction of sp³-hybridized carbons (Fsp3) is 0.231. The Morgan fingerprint density at radius 3 is 2.40 bits per heavy atom. The second-order valence-electron chi connectivity index (χ2n) is 3.71. The fourth-order valence-electron chi connectivity index (χ4n) is 1.52. The summed E-state index contributed by atoms with van der Waals surface area (Å²) in [4.78, 5) is 1.32. The number of hydrogen-bond acceptors (Lipinski definition) is 2. The van der Waals surface area contributed by atoms with Crippen LogP contribution in [0, 0.1) is 13.8 Å². The highest BCUT2D eigenvalue weighted by Gasteiger charge is 2.02. The number of nitrogens with one attached hydrogen (secondary N) is 1. The maximum Gasteiger partial charge on any atom is 0.0886 e. The molecule has 1 aromatic carbocycles. The Balaban J connectivity index is 2.40. The third kappa shape index (κ3) is 2.05. The van der Waals surface area contributed by atoms with Crippen LogP contribution in [-0.4, -0.2) is 7.05 Å². The lowest BCUT2D eigenvalue weighted by molar-refractivity contribution is 1.34. The molecule has 1 heterocycles. The van der Waals surface area contributed by atoms with E-state index in [1.807, 2.05) is 7.05 Å². The molecule has 78 valence electrons. The molecule has 0 atom stereocenters. The zero-order valence-electron chi connectivity index (χ0n) is 9.29. The van der Waals surface area contributed by atoms with Crippen molar-refractivity contribution in [2.75, 3.05) is 12.4 Å². The van der Waals surface area contributed by atoms with Gasteiger partial charge >= 0.3 is 0 Å². The third-order valence-electron chi connectivity index (χ3n) is 2.64. The predicted molar refractivity (Wildman–Crippen MR) is 68.8 cm³/mol. The van der Waals surface area contributed by atoms with Gasteiger partial charge in [-0.05, 0) is 42.7 Å². The summed E-state index contributed by atoms with van der Waals surface area (Å²) in [7, 11) is 1.95. The summed E-state index contributed by atoms with van der Waals surface area (Å²) in [6.45, 7) is 4.30. The van der Waals surface area contributed by atoms with Gasteiger partial charge in [0.25, 0.3) is 0 Å². The van der Waals surface area contributed by atoms with Gasteiger partial charge in [0.15, 0.2) is 0 Å². The van der Waals surface area contributed by atoms with Crippen LogP contribution in [-0.2, 0) is 0 Å². The highest BCUT2D eigenvalue weighted by molar-refractivity contribution is 7.19. The molecule has 0 aliphatic carbocycles. The number of anilines is 1. The Kier molecular flexibility index (Phi) is 2.78. The summed E-state index contributed by atoms with van der Waals surface area (Å²) < 4.78 is 0. The molecule has 0 amide bonds. The summed E-state index contributed by atoms with van der Waals surface area (Å²) in [5.41, 5.74) is 4.01. The molecule has 1 nitrogen and oxygen atoms in total. The van der Waals surface area contributed by atoms with E-state index >= 15 is 0 Å². The van der Waals surface area contributed by atoms with Crippen molar-refractivity contribution in [3.63, 3.8) is 0 Å². The smallest absolute Gasteiger partial charge is 0.0886 e. The second-order valence-corrected chi connectivity index (χ2v) is 4.80. The van der Waals surface area contributed by atoms with Crippen LogP contribution in [0.25, 0.3) is 10.4 Å². The zero-order chi connectivity index (χ0) is 10.8. The van der Waals surface area contributed by atoms with Gasteiger partial charge in [-0.25, -0.2) is 0 Å². The van der Waals surface area contributed by atoms with Crippen LogP contribution in [0.2, 0.25) is 0 Å². The predicted octanol–water partition coefficient (Wildman–Crippen LogP) is 4.07. The Morgan fingerprint density at radius 2 is 1.80 bits per heavy atom. The fourth-order valence-corrected chi connectivity index (χ4v) is 2.38. The van der Waals surface area contributed by atoms with Gasteiger partial charge in [0, 0.05) is 11.9 Å². The van der Waals surface area contributed by atoms with E-state index in [2.05, 4.69) is 49.5 Å². The molecule has 0 aliphatic heterocycles. The first-order valence-electron chi connectivity index (χ1n) is 5.06. The van der Waals surface area contributed by atoms with E-state index in [0.717, 1.165) is 0 Å². The first-order chi connectivity index (χ1) is 7.20. The van der Waals surface area contributed by atoms with Crippen molar-refractivity contribution in [3.8, 4) is 10.4 Å². The van der Waals surface area contributed by atoms with Crippen LogP contribution in [0.5, 0.6) is 0 Å². The summed E-state index contributed by atoms with van der Waals surface area (Å²) in [5.74, 6) is 0. The van der Waals surface area contributed by atoms with Crippen molar-refractivity contribution in [1.29, 1.82) is 0 Å². The van der Waals surface area contributed by atoms with Crippen LogP contribution in [0.4, 0.5) is 5.00 Å². The molecule has 0 saturated carbocycles. The first kappa shape index (κ1) is 10.2. The van der Waals surface area contributed by atoms with Crippen molar-refractivity contribution >= 4 is 16.3 Å². The molecule has 15 heavy (non-hydrogen) atoms. The quantitative estimate of drug-likeness (QED) is 0.799. The minimum Gasteiger partial charge on any atom is -0.380 e. The third-order valence-corrected chi connectivity index (χ3v) is 3.80. The highest BCUT2D eigenvalue weighted by atomic mass is 32.1. The van der Waals surface area contributed by atoms with E-state index in [-0.39, 0.29) is 0 Å². The van der Waals surface area contributed by atoms with Crippen LogP contribution in [0.3, 0.4) is 0 Å². The number of aryl methyl sites for hydroxylation is 2. The standard InChI is InChI=1S/C13H15NS/c1-9-4-5-11(8-10(9)2)12-6-7-13(14-3)15-12/h4-8,14H,1-3H3. The zero-order valence-corrected chi connectivity index (χ0v) is 10.1. The lowest BCUT2D eigenvalue weighted by Gasteiger charge is -2.02. The molecule has 1 N–H and O–H groups in total. The summed E-state index contributed by atoms with van der Waals surface area (Å²) in [5, 5.41) is 4.37. The molecule has 0 fully saturated rings. The van der Waals surface area contributed by atoms with Crippen molar-refractivity contribution in [1.82, 2.24) is 0 Å². The topological polar surface area (TPSA) is 12.0 Å². The lowest BCUT2D eigenvalue weighted by Crippen LogP contribution is -1.81.